The molecular weight excluding hydrogens is 896 g/mol. The van der Waals surface area contributed by atoms with Gasteiger partial charge in [-0.15, -0.1) is 12.1 Å². The predicted octanol–water partition coefficient (Wildman–Crippen LogP) is 0.239. The molecule has 0 bridgehead atoms. The van der Waals surface area contributed by atoms with E-state index in [4.69, 9.17) is 13.2 Å². The maximum Gasteiger partial charge on any atom is 0 e. The zero-order valence-electron chi connectivity index (χ0n) is 9.66. The summed E-state index contributed by atoms with van der Waals surface area (Å²) in [5.41, 5.74) is 0. The Labute approximate surface area is 331 Å². The van der Waals surface area contributed by atoms with E-state index < -0.39 is 0 Å². The fourth-order valence-corrected chi connectivity index (χ4v) is 0.511. The van der Waals surface area contributed by atoms with Crippen molar-refractivity contribution in [2.24, 2.45) is 0 Å². The van der Waals surface area contributed by atoms with Crippen LogP contribution in [0.15, 0.2) is 24.3 Å². The van der Waals surface area contributed by atoms with Crippen molar-refractivity contribution in [2.75, 3.05) is 0 Å². The first kappa shape index (κ1) is 56.2. The molecule has 0 atom stereocenters. The van der Waals surface area contributed by atoms with E-state index in [1.54, 1.807) is 12.1 Å². The Morgan fingerprint density at radius 1 is 0.471 bits per heavy atom. The van der Waals surface area contributed by atoms with Crippen LogP contribution in [-0.2, 0) is 294 Å². The molecule has 0 aliphatic carbocycles. The van der Waals surface area contributed by atoms with Gasteiger partial charge in [0, 0.05) is 294 Å². The molecule has 1 rings (SSSR count). The third kappa shape index (κ3) is 33.0. The Balaban J connectivity index is -0.0000000102. The summed E-state index contributed by atoms with van der Waals surface area (Å²) in [7, 11) is 0. The average Bonchev–Trinajstić information content (AvgIpc) is 1.77. The van der Waals surface area contributed by atoms with Gasteiger partial charge in [0.25, 0.3) is 0 Å². The smallest absolute Gasteiger partial charge is 0 e. The minimum absolute atomic E-state index is 0. The zero-order chi connectivity index (χ0) is 5.98. The van der Waals surface area contributed by atoms with E-state index in [0.717, 1.165) is 0 Å². The molecule has 67 valence electrons. The van der Waals surface area contributed by atoms with Gasteiger partial charge in [0.05, 0.1) is 0 Å². The molecule has 0 amide bonds. The second kappa shape index (κ2) is 39.8. The third-order valence-corrected chi connectivity index (χ3v) is 0.996. The quantitative estimate of drug-likeness (QED) is 0.328. The molecule has 0 aromatic heterocycles. The van der Waals surface area contributed by atoms with Crippen LogP contribution in [0.1, 0.15) is 0 Å². The SMILES string of the molecule is [CH-]=c1ccccc1=[CH-].[Y].[Y].[Y].[Y].[Y].[Y].[Y].[Y].[Y]. The van der Waals surface area contributed by atoms with Crippen LogP contribution in [0, 0.1) is 0 Å². The third-order valence-electron chi connectivity index (χ3n) is 0.996. The maximum absolute atomic E-state index is 5.39. The van der Waals surface area contributed by atoms with E-state index in [0.29, 0.717) is 10.4 Å². The van der Waals surface area contributed by atoms with Crippen LogP contribution in [0.5, 0.6) is 0 Å². The molecule has 17 heavy (non-hydrogen) atoms. The topological polar surface area (TPSA) is 0 Å². The van der Waals surface area contributed by atoms with Gasteiger partial charge in [0.2, 0.25) is 0 Å². The van der Waals surface area contributed by atoms with Gasteiger partial charge in [0.15, 0.2) is 0 Å². The maximum atomic E-state index is 5.39. The van der Waals surface area contributed by atoms with Crippen molar-refractivity contribution in [1.82, 2.24) is 0 Å². The molecule has 9 radical (unpaired) electrons. The van der Waals surface area contributed by atoms with E-state index in [-0.39, 0.29) is 294 Å². The first-order chi connectivity index (χ1) is 3.80. The molecule has 1 aromatic rings. The zero-order valence-corrected chi connectivity index (χ0v) is 35.2. The molecule has 1 aromatic carbocycles. The standard InChI is InChI=1S/C8H6.9Y/c1-7-5-3-4-6-8(7)2;;;;;;;;;/h1-6H;;;;;;;;;/q-2;;;;;;;;;. The van der Waals surface area contributed by atoms with Crippen molar-refractivity contribution in [2.45, 2.75) is 0 Å². The predicted molar refractivity (Wildman–Crippen MR) is 34.6 cm³/mol. The summed E-state index contributed by atoms with van der Waals surface area (Å²) in [6.45, 7) is 10.8. The fourth-order valence-electron chi connectivity index (χ4n) is 0.511. The molecule has 0 N–H and O–H groups in total. The number of hydrogen-bond acceptors (Lipinski definition) is 0. The van der Waals surface area contributed by atoms with Crippen LogP contribution in [0.2, 0.25) is 0 Å². The Bertz CT molecular complexity index is 248. The van der Waals surface area contributed by atoms with Crippen LogP contribution < -0.4 is 10.4 Å². The molecule has 0 saturated heterocycles. The van der Waals surface area contributed by atoms with E-state index in [9.17, 15) is 0 Å². The summed E-state index contributed by atoms with van der Waals surface area (Å²) in [6.07, 6.45) is 0. The van der Waals surface area contributed by atoms with Crippen molar-refractivity contribution in [3.8, 4) is 0 Å². The first-order valence-corrected chi connectivity index (χ1v) is 2.40. The summed E-state index contributed by atoms with van der Waals surface area (Å²) in [4.78, 5) is 0. The molecule has 9 heteroatoms. The van der Waals surface area contributed by atoms with Crippen LogP contribution in [-0.4, -0.2) is 0 Å². The van der Waals surface area contributed by atoms with Crippen LogP contribution in [0.4, 0.5) is 0 Å². The van der Waals surface area contributed by atoms with Gasteiger partial charge in [-0.25, -0.2) is 12.1 Å². The fraction of sp³-hybridized carbons (Fsp3) is 0. The summed E-state index contributed by atoms with van der Waals surface area (Å²) in [6, 6.07) is 7.25. The van der Waals surface area contributed by atoms with Crippen LogP contribution in [0.25, 0.3) is 13.2 Å². The normalized spacial score (nSPS) is 4.24. The van der Waals surface area contributed by atoms with Crippen molar-refractivity contribution in [1.29, 1.82) is 0 Å². The second-order valence-corrected chi connectivity index (χ2v) is 1.63. The molecule has 0 fully saturated rings. The van der Waals surface area contributed by atoms with Gasteiger partial charge < -0.3 is 10.4 Å². The molecule has 0 nitrogen and oxygen atoms in total. The Morgan fingerprint density at radius 2 is 0.647 bits per heavy atom. The van der Waals surface area contributed by atoms with E-state index in [1.807, 2.05) is 12.1 Å². The summed E-state index contributed by atoms with van der Waals surface area (Å²) in [5, 5.41) is 1.29. The molecular formula is C8H6Y9-2. The monoisotopic (exact) mass is 902 g/mol. The average molecular weight is 902 g/mol. The molecule has 0 aliphatic heterocycles. The van der Waals surface area contributed by atoms with Gasteiger partial charge in [-0.1, -0.05) is 0 Å². The Morgan fingerprint density at radius 3 is 0.765 bits per heavy atom. The van der Waals surface area contributed by atoms with Crippen molar-refractivity contribution < 1.29 is 294 Å². The molecule has 0 saturated carbocycles. The second-order valence-electron chi connectivity index (χ2n) is 1.63. The van der Waals surface area contributed by atoms with Gasteiger partial charge in [-0.3, -0.25) is 13.2 Å². The van der Waals surface area contributed by atoms with Crippen molar-refractivity contribution >= 4 is 13.2 Å². The number of rotatable bonds is 0. The summed E-state index contributed by atoms with van der Waals surface area (Å²) < 4.78 is 0. The van der Waals surface area contributed by atoms with E-state index >= 15 is 0 Å². The van der Waals surface area contributed by atoms with E-state index in [1.165, 1.54) is 0 Å². The minimum Gasteiger partial charge on any atom is -0.306 e. The van der Waals surface area contributed by atoms with Gasteiger partial charge in [0.1, 0.15) is 0 Å². The summed E-state index contributed by atoms with van der Waals surface area (Å²) in [5.74, 6) is 0. The molecule has 0 heterocycles. The molecule has 0 aliphatic rings. The van der Waals surface area contributed by atoms with Gasteiger partial charge >= 0.3 is 0 Å². The molecule has 0 unspecified atom stereocenters. The Kier molecular flexibility index (Phi) is 132. The summed E-state index contributed by atoms with van der Waals surface area (Å²) >= 11 is 0. The van der Waals surface area contributed by atoms with Crippen molar-refractivity contribution in [3.05, 3.63) is 34.7 Å². The largest absolute Gasteiger partial charge is 0.306 e. The van der Waals surface area contributed by atoms with Gasteiger partial charge in [-0.2, -0.15) is 0 Å². The van der Waals surface area contributed by atoms with Crippen molar-refractivity contribution in [3.63, 3.8) is 0 Å². The number of hydrogen-bond donors (Lipinski definition) is 0. The van der Waals surface area contributed by atoms with E-state index in [2.05, 4.69) is 0 Å². The van der Waals surface area contributed by atoms with Crippen LogP contribution in [0.3, 0.4) is 0 Å². The number of benzene rings is 1. The molecule has 0 spiro atoms. The van der Waals surface area contributed by atoms with Gasteiger partial charge in [-0.05, 0) is 0 Å². The van der Waals surface area contributed by atoms with Crippen LogP contribution >= 0.6 is 0 Å². The minimum atomic E-state index is 0. The first-order valence-electron chi connectivity index (χ1n) is 2.40. The Hall–Kier alpha value is 8.90.